The zero-order chi connectivity index (χ0) is 13.4. The van der Waals surface area contributed by atoms with Crippen LogP contribution in [0.15, 0.2) is 16.6 Å². The maximum absolute atomic E-state index is 13.9. The predicted octanol–water partition coefficient (Wildman–Crippen LogP) is 3.01. The highest BCUT2D eigenvalue weighted by Crippen LogP contribution is 2.29. The maximum Gasteiger partial charge on any atom is 0.169 e. The lowest BCUT2D eigenvalue weighted by Crippen LogP contribution is -2.08. The second-order valence-electron chi connectivity index (χ2n) is 4.14. The molecule has 2 rings (SSSR count). The molecule has 0 unspecified atom stereocenters. The van der Waals surface area contributed by atoms with Crippen molar-refractivity contribution < 1.29 is 8.78 Å². The number of nitrogens with two attached hydrogens (primary N) is 1. The van der Waals surface area contributed by atoms with E-state index < -0.39 is 11.6 Å². The van der Waals surface area contributed by atoms with Crippen molar-refractivity contribution in [2.24, 2.45) is 0 Å². The summed E-state index contributed by atoms with van der Waals surface area (Å²) in [5, 5.41) is 7.54. The molecule has 7 heteroatoms. The Hall–Kier alpha value is -1.50. The number of rotatable bonds is 2. The molecule has 1 aromatic heterocycles. The first-order valence-corrected chi connectivity index (χ1v) is 6.07. The van der Waals surface area contributed by atoms with Crippen molar-refractivity contribution in [3.05, 3.63) is 33.9 Å². The topological polar surface area (TPSA) is 56.7 Å². The van der Waals surface area contributed by atoms with Gasteiger partial charge in [-0.3, -0.25) is 0 Å². The Balaban J connectivity index is 2.70. The van der Waals surface area contributed by atoms with Gasteiger partial charge in [-0.2, -0.15) is 0 Å². The minimum atomic E-state index is -0.728. The molecule has 4 nitrogen and oxygen atoms in total. The van der Waals surface area contributed by atoms with Crippen LogP contribution in [0.4, 0.5) is 14.6 Å². The van der Waals surface area contributed by atoms with E-state index in [4.69, 9.17) is 5.73 Å². The third-order valence-corrected chi connectivity index (χ3v) is 3.08. The van der Waals surface area contributed by atoms with E-state index in [2.05, 4.69) is 26.2 Å². The molecule has 0 aliphatic rings. The number of hydrogen-bond donors (Lipinski definition) is 1. The minimum absolute atomic E-state index is 0.0105. The van der Waals surface area contributed by atoms with Gasteiger partial charge in [0.2, 0.25) is 0 Å². The van der Waals surface area contributed by atoms with Crippen molar-refractivity contribution >= 4 is 21.7 Å². The van der Waals surface area contributed by atoms with Gasteiger partial charge in [-0.25, -0.2) is 13.5 Å². The van der Waals surface area contributed by atoms with Gasteiger partial charge < -0.3 is 5.73 Å². The molecule has 0 atom stereocenters. The van der Waals surface area contributed by atoms with Crippen LogP contribution in [0.25, 0.3) is 5.69 Å². The largest absolute Gasteiger partial charge is 0.381 e. The van der Waals surface area contributed by atoms with Crippen LogP contribution in [0.1, 0.15) is 25.5 Å². The van der Waals surface area contributed by atoms with Crippen LogP contribution in [0.3, 0.4) is 0 Å². The summed E-state index contributed by atoms with van der Waals surface area (Å²) in [5.41, 5.74) is 6.39. The number of hydrogen-bond acceptors (Lipinski definition) is 3. The van der Waals surface area contributed by atoms with E-state index in [9.17, 15) is 8.78 Å². The Morgan fingerprint density at radius 2 is 2.00 bits per heavy atom. The molecule has 0 saturated heterocycles. The van der Waals surface area contributed by atoms with E-state index in [1.165, 1.54) is 10.7 Å². The lowest BCUT2D eigenvalue weighted by Gasteiger charge is -2.12. The first-order valence-electron chi connectivity index (χ1n) is 5.27. The number of anilines is 1. The van der Waals surface area contributed by atoms with Crippen molar-refractivity contribution in [1.29, 1.82) is 0 Å². The highest BCUT2D eigenvalue weighted by Gasteiger charge is 2.20. The zero-order valence-corrected chi connectivity index (χ0v) is 11.4. The van der Waals surface area contributed by atoms with Gasteiger partial charge in [-0.05, 0) is 27.9 Å². The SMILES string of the molecule is CC(C)c1c(N)nnn1-c1c(F)cc(F)cc1Br. The molecule has 0 radical (unpaired) electrons. The second kappa shape index (κ2) is 4.64. The van der Waals surface area contributed by atoms with Gasteiger partial charge in [0.05, 0.1) is 5.69 Å². The molecular weight excluding hydrogens is 306 g/mol. The van der Waals surface area contributed by atoms with E-state index in [-0.39, 0.29) is 21.9 Å². The predicted molar refractivity (Wildman–Crippen MR) is 67.5 cm³/mol. The van der Waals surface area contributed by atoms with Gasteiger partial charge in [0.25, 0.3) is 0 Å². The van der Waals surface area contributed by atoms with Gasteiger partial charge in [-0.1, -0.05) is 19.1 Å². The Morgan fingerprint density at radius 1 is 1.33 bits per heavy atom. The molecule has 18 heavy (non-hydrogen) atoms. The summed E-state index contributed by atoms with van der Waals surface area (Å²) in [5.74, 6) is -1.15. The lowest BCUT2D eigenvalue weighted by molar-refractivity contribution is 0.565. The highest BCUT2D eigenvalue weighted by atomic mass is 79.9. The van der Waals surface area contributed by atoms with Crippen LogP contribution >= 0.6 is 15.9 Å². The van der Waals surface area contributed by atoms with Gasteiger partial charge >= 0.3 is 0 Å². The van der Waals surface area contributed by atoms with Gasteiger partial charge in [-0.15, -0.1) is 5.10 Å². The van der Waals surface area contributed by atoms with Crippen LogP contribution < -0.4 is 5.73 Å². The average Bonchev–Trinajstić information content (AvgIpc) is 2.58. The molecule has 1 heterocycles. The maximum atomic E-state index is 13.9. The van der Waals surface area contributed by atoms with E-state index in [1.807, 2.05) is 13.8 Å². The third kappa shape index (κ3) is 2.10. The summed E-state index contributed by atoms with van der Waals surface area (Å²) in [6, 6.07) is 1.96. The van der Waals surface area contributed by atoms with Gasteiger partial charge in [0.1, 0.15) is 11.5 Å². The Kier molecular flexibility index (Phi) is 3.34. The summed E-state index contributed by atoms with van der Waals surface area (Å²) < 4.78 is 28.4. The van der Waals surface area contributed by atoms with Crippen LogP contribution in [0.2, 0.25) is 0 Å². The fourth-order valence-corrected chi connectivity index (χ4v) is 2.32. The van der Waals surface area contributed by atoms with E-state index in [1.54, 1.807) is 0 Å². The van der Waals surface area contributed by atoms with Gasteiger partial charge in [0, 0.05) is 10.5 Å². The summed E-state index contributed by atoms with van der Waals surface area (Å²) >= 11 is 3.12. The molecule has 2 aromatic rings. The van der Waals surface area contributed by atoms with Crippen molar-refractivity contribution in [2.45, 2.75) is 19.8 Å². The quantitative estimate of drug-likeness (QED) is 0.926. The number of nitrogens with zero attached hydrogens (tertiary/aromatic N) is 3. The first kappa shape index (κ1) is 12.9. The molecule has 0 bridgehead atoms. The molecule has 96 valence electrons. The number of halogens is 3. The number of benzene rings is 1. The van der Waals surface area contributed by atoms with E-state index in [0.717, 1.165) is 6.07 Å². The number of aromatic nitrogens is 3. The average molecular weight is 317 g/mol. The third-order valence-electron chi connectivity index (χ3n) is 2.47. The van der Waals surface area contributed by atoms with Crippen LogP contribution in [0.5, 0.6) is 0 Å². The van der Waals surface area contributed by atoms with E-state index >= 15 is 0 Å². The normalized spacial score (nSPS) is 11.2. The first-order chi connectivity index (χ1) is 8.41. The Labute approximate surface area is 111 Å². The second-order valence-corrected chi connectivity index (χ2v) is 5.00. The monoisotopic (exact) mass is 316 g/mol. The molecule has 0 aliphatic heterocycles. The lowest BCUT2D eigenvalue weighted by atomic mass is 10.1. The number of nitrogen functional groups attached to an aromatic ring is 1. The van der Waals surface area contributed by atoms with Crippen molar-refractivity contribution in [1.82, 2.24) is 15.0 Å². The Morgan fingerprint density at radius 3 is 2.56 bits per heavy atom. The molecule has 0 amide bonds. The molecule has 2 N–H and O–H groups in total. The van der Waals surface area contributed by atoms with Crippen LogP contribution in [-0.4, -0.2) is 15.0 Å². The fourth-order valence-electron chi connectivity index (χ4n) is 1.74. The Bertz CT molecular complexity index is 572. The summed E-state index contributed by atoms with van der Waals surface area (Å²) in [6.07, 6.45) is 0. The molecular formula is C11H11BrF2N4. The fraction of sp³-hybridized carbons (Fsp3) is 0.273. The van der Waals surface area contributed by atoms with Crippen molar-refractivity contribution in [3.63, 3.8) is 0 Å². The molecule has 0 aliphatic carbocycles. The van der Waals surface area contributed by atoms with Crippen LogP contribution in [0, 0.1) is 11.6 Å². The molecule has 1 aromatic carbocycles. The standard InChI is InChI=1S/C11H11BrF2N4/c1-5(2)9-11(15)16-17-18(9)10-7(12)3-6(13)4-8(10)14/h3-5H,15H2,1-2H3. The molecule has 0 saturated carbocycles. The van der Waals surface area contributed by atoms with Crippen LogP contribution in [-0.2, 0) is 0 Å². The van der Waals surface area contributed by atoms with Gasteiger partial charge in [0.15, 0.2) is 11.6 Å². The zero-order valence-electron chi connectivity index (χ0n) is 9.78. The highest BCUT2D eigenvalue weighted by molar-refractivity contribution is 9.10. The van der Waals surface area contributed by atoms with Crippen molar-refractivity contribution in [3.8, 4) is 5.69 Å². The summed E-state index contributed by atoms with van der Waals surface area (Å²) in [4.78, 5) is 0. The molecule has 0 spiro atoms. The summed E-state index contributed by atoms with van der Waals surface area (Å²) in [6.45, 7) is 3.78. The van der Waals surface area contributed by atoms with E-state index in [0.29, 0.717) is 5.69 Å². The minimum Gasteiger partial charge on any atom is -0.381 e. The molecule has 0 fully saturated rings. The summed E-state index contributed by atoms with van der Waals surface area (Å²) in [7, 11) is 0. The van der Waals surface area contributed by atoms with Crippen molar-refractivity contribution in [2.75, 3.05) is 5.73 Å². The smallest absolute Gasteiger partial charge is 0.169 e.